The van der Waals surface area contributed by atoms with E-state index in [2.05, 4.69) is 98.8 Å². The third kappa shape index (κ3) is 3.34. The standard InChI is InChI=1S/C16H14P.C10H9.Zr/c1-12-6-2-5-9-16(12)17-15-10-13-7-3-4-8-14(13)11-15;1-8-6-9-4-2-3-5-10(9)7-8;/h2-11,17H,1H3;2-7H,1H3;. The maximum atomic E-state index is 2.51. The second-order valence-corrected chi connectivity index (χ2v) is 12.7. The van der Waals surface area contributed by atoms with Crippen molar-refractivity contribution in [2.45, 2.75) is 21.1 Å². The molecule has 0 saturated carbocycles. The van der Waals surface area contributed by atoms with E-state index in [1.54, 1.807) is 22.0 Å². The first-order valence-corrected chi connectivity index (χ1v) is 13.7. The summed E-state index contributed by atoms with van der Waals surface area (Å²) in [5.41, 5.74) is 9.07. The monoisotopic (exact) mass is 456 g/mol. The summed E-state index contributed by atoms with van der Waals surface area (Å²) in [6.07, 6.45) is 4.93. The van der Waals surface area contributed by atoms with Crippen LogP contribution in [0.1, 0.15) is 42.0 Å². The number of aryl methyl sites for hydroxylation is 1. The molecule has 2 heteroatoms. The average Bonchev–Trinajstić information content (AvgIpc) is 3.21. The van der Waals surface area contributed by atoms with Crippen LogP contribution in [0.5, 0.6) is 0 Å². The van der Waals surface area contributed by atoms with Gasteiger partial charge in [0, 0.05) is 0 Å². The molecular weight excluding hydrogens is 434 g/mol. The molecule has 0 fully saturated rings. The van der Waals surface area contributed by atoms with E-state index < -0.39 is 23.2 Å². The van der Waals surface area contributed by atoms with Crippen LogP contribution in [0.15, 0.2) is 83.7 Å². The summed E-state index contributed by atoms with van der Waals surface area (Å²) in [5, 5.41) is 3.17. The first kappa shape index (κ1) is 18.5. The number of rotatable bonds is 4. The molecule has 0 aromatic heterocycles. The molecule has 0 bridgehead atoms. The van der Waals surface area contributed by atoms with E-state index in [4.69, 9.17) is 0 Å². The Hall–Kier alpha value is -1.55. The van der Waals surface area contributed by atoms with E-state index in [0.29, 0.717) is 7.25 Å². The molecule has 0 heterocycles. The molecule has 2 aliphatic carbocycles. The first-order valence-electron chi connectivity index (χ1n) is 9.87. The van der Waals surface area contributed by atoms with E-state index in [1.165, 1.54) is 22.0 Å². The van der Waals surface area contributed by atoms with E-state index >= 15 is 0 Å². The van der Waals surface area contributed by atoms with Gasteiger partial charge in [0.15, 0.2) is 0 Å². The third-order valence-corrected chi connectivity index (χ3v) is 13.1. The fraction of sp³-hybridized carbons (Fsp3) is 0.154. The van der Waals surface area contributed by atoms with E-state index in [0.717, 1.165) is 8.58 Å². The molecule has 0 N–H and O–H groups in total. The van der Waals surface area contributed by atoms with Gasteiger partial charge < -0.3 is 0 Å². The summed E-state index contributed by atoms with van der Waals surface area (Å²) in [4.78, 5) is 0. The van der Waals surface area contributed by atoms with Crippen LogP contribution in [0, 0.1) is 6.92 Å². The van der Waals surface area contributed by atoms with Crippen molar-refractivity contribution in [2.75, 3.05) is 0 Å². The van der Waals surface area contributed by atoms with Crippen LogP contribution in [0.2, 0.25) is 0 Å². The van der Waals surface area contributed by atoms with Gasteiger partial charge in [-0.15, -0.1) is 0 Å². The molecule has 0 spiro atoms. The number of allylic oxidation sites excluding steroid dienone is 2. The van der Waals surface area contributed by atoms with Crippen LogP contribution in [-0.4, -0.2) is 0 Å². The summed E-state index contributed by atoms with van der Waals surface area (Å²) in [6, 6.07) is 27.0. The molecule has 3 atom stereocenters. The maximum absolute atomic E-state index is 2.51. The van der Waals surface area contributed by atoms with Gasteiger partial charge in [-0.05, 0) is 0 Å². The molecule has 3 unspecified atom stereocenters. The molecule has 0 amide bonds. The molecule has 28 heavy (non-hydrogen) atoms. The normalized spacial score (nSPS) is 20.1. The second kappa shape index (κ2) is 7.70. The van der Waals surface area contributed by atoms with Gasteiger partial charge in [0.1, 0.15) is 0 Å². The van der Waals surface area contributed by atoms with E-state index in [9.17, 15) is 0 Å². The van der Waals surface area contributed by atoms with E-state index in [1.807, 2.05) is 0 Å². The van der Waals surface area contributed by atoms with E-state index in [-0.39, 0.29) is 0 Å². The zero-order chi connectivity index (χ0) is 19.1. The van der Waals surface area contributed by atoms with Crippen molar-refractivity contribution in [3.63, 3.8) is 0 Å². The molecule has 3 aromatic carbocycles. The summed E-state index contributed by atoms with van der Waals surface area (Å²) in [5.74, 6) is 0. The van der Waals surface area contributed by atoms with Crippen LogP contribution in [0.25, 0.3) is 12.2 Å². The SMILES string of the molecule is CC1=Cc2ccccc2[CH]1[Zr][CH]1C(Pc2ccccc2C)=Cc2ccccc21. The summed E-state index contributed by atoms with van der Waals surface area (Å²) in [6.45, 7) is 4.60. The predicted octanol–water partition coefficient (Wildman–Crippen LogP) is 6.64. The zero-order valence-electron chi connectivity index (χ0n) is 16.2. The number of fused-ring (bicyclic) bond motifs is 2. The van der Waals surface area contributed by atoms with Gasteiger partial charge >= 0.3 is 182 Å². The van der Waals surface area contributed by atoms with Crippen LogP contribution < -0.4 is 5.30 Å². The Kier molecular flexibility index (Phi) is 5.08. The second-order valence-electron chi connectivity index (χ2n) is 7.72. The molecule has 0 aliphatic heterocycles. The minimum atomic E-state index is -0.758. The molecule has 3 aromatic rings. The summed E-state index contributed by atoms with van der Waals surface area (Å²) >= 11 is -0.758. The minimum absolute atomic E-state index is 0.678. The third-order valence-electron chi connectivity index (χ3n) is 5.83. The van der Waals surface area contributed by atoms with Crippen molar-refractivity contribution in [3.8, 4) is 0 Å². The van der Waals surface area contributed by atoms with Crippen LogP contribution in [0.4, 0.5) is 0 Å². The molecule has 5 rings (SSSR count). The molecule has 0 radical (unpaired) electrons. The Labute approximate surface area is 181 Å². The Balaban J connectivity index is 1.50. The molecule has 2 aliphatic rings. The topological polar surface area (TPSA) is 0 Å². The van der Waals surface area contributed by atoms with Crippen LogP contribution >= 0.6 is 8.58 Å². The van der Waals surface area contributed by atoms with Crippen molar-refractivity contribution < 1.29 is 23.2 Å². The molecule has 0 saturated heterocycles. The van der Waals surface area contributed by atoms with Crippen molar-refractivity contribution >= 4 is 26.0 Å². The predicted molar refractivity (Wildman–Crippen MR) is 119 cm³/mol. The Morgan fingerprint density at radius 2 is 1.29 bits per heavy atom. The Bertz CT molecular complexity index is 1110. The van der Waals surface area contributed by atoms with Gasteiger partial charge in [0.2, 0.25) is 0 Å². The van der Waals surface area contributed by atoms with Crippen LogP contribution in [0.3, 0.4) is 0 Å². The summed E-state index contributed by atoms with van der Waals surface area (Å²) in [7, 11) is 0.786. The Morgan fingerprint density at radius 3 is 2.04 bits per heavy atom. The average molecular weight is 458 g/mol. The number of hydrogen-bond acceptors (Lipinski definition) is 0. The zero-order valence-corrected chi connectivity index (χ0v) is 19.7. The van der Waals surface area contributed by atoms with Gasteiger partial charge in [0.25, 0.3) is 0 Å². The van der Waals surface area contributed by atoms with Crippen LogP contribution in [-0.2, 0) is 23.2 Å². The van der Waals surface area contributed by atoms with Crippen molar-refractivity contribution in [3.05, 3.63) is 112 Å². The number of hydrogen-bond donors (Lipinski definition) is 0. The molecule has 136 valence electrons. The number of benzene rings is 3. The van der Waals surface area contributed by atoms with Crippen molar-refractivity contribution in [2.24, 2.45) is 0 Å². The first-order chi connectivity index (χ1) is 13.7. The quantitative estimate of drug-likeness (QED) is 0.386. The van der Waals surface area contributed by atoms with Gasteiger partial charge in [-0.25, -0.2) is 0 Å². The molecule has 0 nitrogen and oxygen atoms in total. The fourth-order valence-corrected chi connectivity index (χ4v) is 11.2. The fourth-order valence-electron chi connectivity index (χ4n) is 4.35. The van der Waals surface area contributed by atoms with Gasteiger partial charge in [-0.1, -0.05) is 0 Å². The van der Waals surface area contributed by atoms with Crippen molar-refractivity contribution in [1.82, 2.24) is 0 Å². The van der Waals surface area contributed by atoms with Gasteiger partial charge in [-0.2, -0.15) is 0 Å². The Morgan fingerprint density at radius 1 is 0.679 bits per heavy atom. The van der Waals surface area contributed by atoms with Crippen molar-refractivity contribution in [1.29, 1.82) is 0 Å². The van der Waals surface area contributed by atoms with Gasteiger partial charge in [0.05, 0.1) is 0 Å². The van der Waals surface area contributed by atoms with Gasteiger partial charge in [-0.3, -0.25) is 0 Å². The summed E-state index contributed by atoms with van der Waals surface area (Å²) < 4.78 is 1.37. The molecular formula is C26H23PZr.